The molecule has 4 N–H and O–H groups in total. The molecule has 19 heteroatoms. The lowest BCUT2D eigenvalue weighted by Gasteiger charge is -2.58. The molecule has 1 spiro atoms. The van der Waals surface area contributed by atoms with Crippen molar-refractivity contribution in [3.05, 3.63) is 86.8 Å². The van der Waals surface area contributed by atoms with E-state index in [4.69, 9.17) is 25.4 Å². The molecule has 8 saturated carbocycles. The zero-order valence-corrected chi connectivity index (χ0v) is 37.5. The Morgan fingerprint density at radius 1 is 0.791 bits per heavy atom. The molecule has 8 fully saturated rings. The predicted octanol–water partition coefficient (Wildman–Crippen LogP) is 5.11. The summed E-state index contributed by atoms with van der Waals surface area (Å²) in [5.41, 5.74) is 10.5. The van der Waals surface area contributed by atoms with E-state index in [2.05, 4.69) is 25.7 Å². The van der Waals surface area contributed by atoms with Crippen molar-refractivity contribution >= 4 is 62.9 Å². The van der Waals surface area contributed by atoms with Gasteiger partial charge in [0.05, 0.1) is 41.0 Å². The number of Topliss-reactive ketones (excluding diaryl/α,β-unsaturated/α-hetero) is 1. The van der Waals surface area contributed by atoms with Gasteiger partial charge in [0.2, 0.25) is 17.8 Å². The summed E-state index contributed by atoms with van der Waals surface area (Å²) in [6.07, 6.45) is 16.0. The van der Waals surface area contributed by atoms with Crippen molar-refractivity contribution in [1.29, 1.82) is 0 Å². The van der Waals surface area contributed by atoms with E-state index < -0.39 is 22.6 Å². The Labute approximate surface area is 382 Å². The highest BCUT2D eigenvalue weighted by Gasteiger charge is 2.79. The van der Waals surface area contributed by atoms with Gasteiger partial charge >= 0.3 is 11.4 Å². The Kier molecular flexibility index (Phi) is 7.66. The summed E-state index contributed by atoms with van der Waals surface area (Å²) in [5, 5.41) is 11.0. The number of amides is 1. The lowest BCUT2D eigenvalue weighted by molar-refractivity contribution is -0.229. The van der Waals surface area contributed by atoms with Crippen LogP contribution in [0.4, 0.5) is 23.3 Å². The SMILES string of the molecule is Cc1cc(C(N)=O)ccc1Nc1ncc2c(n1)n(C13CC4CC5(OCn6c(=O)n(C78CC9CC(C7)C(=O)C(C9)C8)c7nc(Nc8cn9ncnc9cc8C)ncc76)CC(C1)C5(C4)C3)c(=O)n2C. The molecule has 6 aromatic heterocycles. The molecular weight excluding hydrogens is 853 g/mol. The summed E-state index contributed by atoms with van der Waals surface area (Å²) < 4.78 is 16.2. The molecule has 7 bridgehead atoms. The van der Waals surface area contributed by atoms with E-state index in [0.717, 1.165) is 85.9 Å². The fraction of sp³-hybridized carbons (Fsp3) is 0.500. The molecule has 8 aliphatic rings. The minimum absolute atomic E-state index is 0.0377. The van der Waals surface area contributed by atoms with Crippen molar-refractivity contribution in [2.45, 2.75) is 108 Å². The molecule has 67 heavy (non-hydrogen) atoms. The van der Waals surface area contributed by atoms with Gasteiger partial charge in [-0.05, 0) is 138 Å². The molecule has 15 rings (SSSR count). The topological polar surface area (TPSA) is 229 Å². The van der Waals surface area contributed by atoms with Crippen LogP contribution in [-0.2, 0) is 34.4 Å². The molecule has 7 atom stereocenters. The molecule has 6 heterocycles. The molecule has 19 nitrogen and oxygen atoms in total. The second-order valence-corrected chi connectivity index (χ2v) is 21.5. The zero-order valence-electron chi connectivity index (χ0n) is 37.5. The number of hydrogen-bond donors (Lipinski definition) is 3. The Hall–Kier alpha value is -6.76. The van der Waals surface area contributed by atoms with Gasteiger partial charge in [0.1, 0.15) is 29.9 Å². The van der Waals surface area contributed by atoms with Crippen molar-refractivity contribution in [2.24, 2.45) is 47.8 Å². The number of aromatic nitrogens is 11. The third kappa shape index (κ3) is 5.20. The minimum atomic E-state index is -0.515. The number of pyridine rings is 1. The number of hydrogen-bond acceptors (Lipinski definition) is 13. The molecule has 7 unspecified atom stereocenters. The van der Waals surface area contributed by atoms with Gasteiger partial charge in [-0.25, -0.2) is 29.1 Å². The van der Waals surface area contributed by atoms with E-state index in [-0.39, 0.29) is 35.4 Å². The van der Waals surface area contributed by atoms with Crippen LogP contribution in [0.3, 0.4) is 0 Å². The lowest BCUT2D eigenvalue weighted by atomic mass is 9.52. The first-order chi connectivity index (χ1) is 32.2. The van der Waals surface area contributed by atoms with Crippen molar-refractivity contribution < 1.29 is 14.3 Å². The Morgan fingerprint density at radius 2 is 1.49 bits per heavy atom. The van der Waals surface area contributed by atoms with Gasteiger partial charge in [-0.2, -0.15) is 15.1 Å². The van der Waals surface area contributed by atoms with Crippen LogP contribution < -0.4 is 27.7 Å². The van der Waals surface area contributed by atoms with E-state index >= 15 is 4.79 Å². The summed E-state index contributed by atoms with van der Waals surface area (Å²) >= 11 is 0. The number of ketones is 1. The summed E-state index contributed by atoms with van der Waals surface area (Å²) in [4.78, 5) is 78.7. The molecule has 0 radical (unpaired) electrons. The fourth-order valence-corrected chi connectivity index (χ4v) is 15.6. The molecule has 342 valence electrons. The third-order valence-electron chi connectivity index (χ3n) is 18.0. The van der Waals surface area contributed by atoms with Gasteiger partial charge in [0.15, 0.2) is 16.9 Å². The van der Waals surface area contributed by atoms with Crippen molar-refractivity contribution in [3.8, 4) is 0 Å². The number of nitrogens with zero attached hydrogens (tertiary/aromatic N) is 11. The van der Waals surface area contributed by atoms with Crippen LogP contribution >= 0.6 is 0 Å². The van der Waals surface area contributed by atoms with E-state index in [1.54, 1.807) is 51.3 Å². The largest absolute Gasteiger partial charge is 0.366 e. The van der Waals surface area contributed by atoms with Gasteiger partial charge in [0, 0.05) is 35.5 Å². The maximum absolute atomic E-state index is 15.2. The number of carbonyl (C=O) groups excluding carboxylic acids is 2. The average Bonchev–Trinajstić information content (AvgIpc) is 4.02. The molecule has 7 aromatic rings. The fourth-order valence-electron chi connectivity index (χ4n) is 15.6. The zero-order chi connectivity index (χ0) is 45.5. The predicted molar refractivity (Wildman–Crippen MR) is 244 cm³/mol. The average molecular weight is 903 g/mol. The van der Waals surface area contributed by atoms with Crippen molar-refractivity contribution in [1.82, 2.24) is 52.8 Å². The van der Waals surface area contributed by atoms with Gasteiger partial charge in [-0.1, -0.05) is 0 Å². The number of benzene rings is 1. The number of aryl methyl sites for hydroxylation is 3. The van der Waals surface area contributed by atoms with Crippen LogP contribution in [0.5, 0.6) is 0 Å². The quantitative estimate of drug-likeness (QED) is 0.162. The van der Waals surface area contributed by atoms with Crippen LogP contribution in [-0.4, -0.2) is 70.1 Å². The summed E-state index contributed by atoms with van der Waals surface area (Å²) in [7, 11) is 1.78. The van der Waals surface area contributed by atoms with Crippen molar-refractivity contribution in [2.75, 3.05) is 10.6 Å². The van der Waals surface area contributed by atoms with Crippen LogP contribution in [0.25, 0.3) is 28.0 Å². The first-order valence-electron chi connectivity index (χ1n) is 23.6. The van der Waals surface area contributed by atoms with Gasteiger partial charge in [0.25, 0.3) is 0 Å². The van der Waals surface area contributed by atoms with Gasteiger partial charge in [-0.3, -0.25) is 27.9 Å². The Balaban J connectivity index is 0.805. The number of imidazole rings is 2. The maximum atomic E-state index is 15.2. The monoisotopic (exact) mass is 902 g/mol. The Bertz CT molecular complexity index is 3470. The van der Waals surface area contributed by atoms with Gasteiger partial charge < -0.3 is 21.1 Å². The van der Waals surface area contributed by atoms with Crippen LogP contribution in [0.15, 0.2) is 58.8 Å². The normalized spacial score (nSPS) is 31.9. The van der Waals surface area contributed by atoms with Gasteiger partial charge in [-0.15, -0.1) is 0 Å². The number of primary amides is 1. The standard InChI is InChI=1S/C48H50N14O5/c1-24-6-28(38(49)64)4-5-32(24)54-41-50-18-34-39(56-41)61(43(65)58(34)3)46-11-27-12-47(21-46)31(16-46)17-48(47,13-27)67-23-59-35-19-51-42(55-33-20-60-36(7-25(33)2)52-22-53-60)57-40(35)62(44(59)66)45-10-26-8-29(14-45)37(63)30(9-26)15-45/h4-7,18-20,22,26-27,29-31H,8-17,21,23H2,1-3H3,(H2,49,64)(H,50,54,56)(H,51,55,57). The molecule has 0 saturated heterocycles. The van der Waals surface area contributed by atoms with Crippen molar-refractivity contribution in [3.63, 3.8) is 0 Å². The molecule has 1 amide bonds. The van der Waals surface area contributed by atoms with E-state index in [0.29, 0.717) is 76.2 Å². The second kappa shape index (κ2) is 13.0. The summed E-state index contributed by atoms with van der Waals surface area (Å²) in [5.74, 6) is 1.58. The highest BCUT2D eigenvalue weighted by Crippen LogP contribution is 2.80. The summed E-state index contributed by atoms with van der Waals surface area (Å²) in [6, 6.07) is 7.13. The number of anilines is 4. The minimum Gasteiger partial charge on any atom is -0.366 e. The number of carbonyl (C=O) groups is 2. The second-order valence-electron chi connectivity index (χ2n) is 21.5. The third-order valence-corrected chi connectivity index (χ3v) is 18.0. The van der Waals surface area contributed by atoms with E-state index in [1.807, 2.05) is 35.2 Å². The number of nitrogens with two attached hydrogens (primary N) is 1. The lowest BCUT2D eigenvalue weighted by Crippen LogP contribution is -2.60. The Morgan fingerprint density at radius 3 is 2.25 bits per heavy atom. The molecule has 1 aromatic carbocycles. The van der Waals surface area contributed by atoms with E-state index in [9.17, 15) is 14.4 Å². The van der Waals surface area contributed by atoms with Crippen LogP contribution in [0.1, 0.15) is 92.1 Å². The maximum Gasteiger partial charge on any atom is 0.332 e. The van der Waals surface area contributed by atoms with E-state index in [1.165, 1.54) is 6.33 Å². The molecule has 8 aliphatic carbocycles. The van der Waals surface area contributed by atoms with Crippen LogP contribution in [0, 0.1) is 48.9 Å². The first-order valence-corrected chi connectivity index (χ1v) is 23.6. The highest BCUT2D eigenvalue weighted by molar-refractivity contribution is 5.93. The smallest absolute Gasteiger partial charge is 0.332 e. The molecule has 0 aliphatic heterocycles. The number of fused-ring (bicyclic) bond motifs is 5. The van der Waals surface area contributed by atoms with Crippen LogP contribution in [0.2, 0.25) is 0 Å². The highest BCUT2D eigenvalue weighted by atomic mass is 16.5. The summed E-state index contributed by atoms with van der Waals surface area (Å²) in [6.45, 7) is 3.93. The number of rotatable bonds is 10. The number of nitrogens with one attached hydrogen (secondary N) is 2. The first kappa shape index (κ1) is 39.4. The number of ether oxygens (including phenoxy) is 1. The molecular formula is C48H50N14O5.